The van der Waals surface area contributed by atoms with E-state index in [1.165, 1.54) is 11.5 Å². The lowest BCUT2D eigenvalue weighted by Gasteiger charge is -2.02. The van der Waals surface area contributed by atoms with Crippen LogP contribution in [0.15, 0.2) is 0 Å². The molecule has 0 saturated carbocycles. The summed E-state index contributed by atoms with van der Waals surface area (Å²) in [7, 11) is 0. The summed E-state index contributed by atoms with van der Waals surface area (Å²) in [6.07, 6.45) is 0.954. The first-order valence-electron chi connectivity index (χ1n) is 4.51. The standard InChI is InChI=1S/C8H14ClN3OS/c1-7-11-8(14-12-7)10-4-2-5-13-6-3-9/h2-6H2,1H3,(H,10,11,12). The van der Waals surface area contributed by atoms with E-state index < -0.39 is 0 Å². The highest BCUT2D eigenvalue weighted by atomic mass is 35.5. The fourth-order valence-corrected chi connectivity index (χ4v) is 1.60. The first kappa shape index (κ1) is 11.7. The summed E-state index contributed by atoms with van der Waals surface area (Å²) >= 11 is 6.84. The lowest BCUT2D eigenvalue weighted by atomic mass is 10.4. The molecule has 1 aromatic rings. The molecule has 1 aromatic heterocycles. The van der Waals surface area contributed by atoms with Gasteiger partial charge in [-0.3, -0.25) is 0 Å². The number of nitrogens with zero attached hydrogens (tertiary/aromatic N) is 2. The quantitative estimate of drug-likeness (QED) is 0.579. The largest absolute Gasteiger partial charge is 0.380 e. The molecular weight excluding hydrogens is 222 g/mol. The molecule has 0 saturated heterocycles. The Morgan fingerprint density at radius 2 is 2.36 bits per heavy atom. The second-order valence-electron chi connectivity index (χ2n) is 2.73. The van der Waals surface area contributed by atoms with Crippen molar-refractivity contribution in [1.82, 2.24) is 9.36 Å². The zero-order valence-corrected chi connectivity index (χ0v) is 9.70. The van der Waals surface area contributed by atoms with E-state index in [0.29, 0.717) is 12.5 Å². The highest BCUT2D eigenvalue weighted by Crippen LogP contribution is 2.09. The van der Waals surface area contributed by atoms with Gasteiger partial charge in [0.2, 0.25) is 5.13 Å². The molecule has 1 N–H and O–H groups in total. The van der Waals surface area contributed by atoms with Gasteiger partial charge < -0.3 is 10.1 Å². The predicted molar refractivity (Wildman–Crippen MR) is 59.3 cm³/mol. The van der Waals surface area contributed by atoms with Crippen molar-refractivity contribution in [1.29, 1.82) is 0 Å². The Morgan fingerprint density at radius 3 is 3.00 bits per heavy atom. The van der Waals surface area contributed by atoms with E-state index in [1.807, 2.05) is 6.92 Å². The second kappa shape index (κ2) is 6.98. The third-order valence-corrected chi connectivity index (χ3v) is 2.41. The number of aromatic nitrogens is 2. The van der Waals surface area contributed by atoms with Crippen molar-refractivity contribution < 1.29 is 4.74 Å². The second-order valence-corrected chi connectivity index (χ2v) is 3.86. The van der Waals surface area contributed by atoms with Crippen molar-refractivity contribution >= 4 is 28.3 Å². The van der Waals surface area contributed by atoms with Crippen LogP contribution < -0.4 is 5.32 Å². The molecule has 0 amide bonds. The Balaban J connectivity index is 1.99. The van der Waals surface area contributed by atoms with Crippen LogP contribution >= 0.6 is 23.1 Å². The molecule has 0 radical (unpaired) electrons. The van der Waals surface area contributed by atoms with Gasteiger partial charge in [0, 0.05) is 30.6 Å². The van der Waals surface area contributed by atoms with Crippen molar-refractivity contribution in [3.8, 4) is 0 Å². The van der Waals surface area contributed by atoms with E-state index in [4.69, 9.17) is 16.3 Å². The topological polar surface area (TPSA) is 47.0 Å². The zero-order valence-electron chi connectivity index (χ0n) is 8.12. The molecule has 0 atom stereocenters. The van der Waals surface area contributed by atoms with Gasteiger partial charge in [-0.15, -0.1) is 11.6 Å². The van der Waals surface area contributed by atoms with Gasteiger partial charge in [0.05, 0.1) is 6.61 Å². The number of hydrogen-bond acceptors (Lipinski definition) is 5. The van der Waals surface area contributed by atoms with E-state index in [1.54, 1.807) is 0 Å². The Hall–Kier alpha value is -0.390. The van der Waals surface area contributed by atoms with Gasteiger partial charge in [0.25, 0.3) is 0 Å². The number of halogens is 1. The van der Waals surface area contributed by atoms with E-state index in [2.05, 4.69) is 14.7 Å². The molecule has 80 valence electrons. The molecular formula is C8H14ClN3OS. The molecule has 1 rings (SSSR count). The first-order chi connectivity index (χ1) is 6.83. The van der Waals surface area contributed by atoms with Crippen LogP contribution in [0.3, 0.4) is 0 Å². The van der Waals surface area contributed by atoms with Crippen molar-refractivity contribution in [3.05, 3.63) is 5.82 Å². The molecule has 0 aliphatic carbocycles. The maximum absolute atomic E-state index is 5.46. The Bertz CT molecular complexity index is 256. The number of alkyl halides is 1. The molecule has 6 heteroatoms. The fourth-order valence-electron chi connectivity index (χ4n) is 0.895. The normalized spacial score (nSPS) is 10.4. The highest BCUT2D eigenvalue weighted by Gasteiger charge is 1.97. The van der Waals surface area contributed by atoms with Crippen LogP contribution in [0.5, 0.6) is 0 Å². The molecule has 0 bridgehead atoms. The third kappa shape index (κ3) is 4.74. The average molecular weight is 236 g/mol. The van der Waals surface area contributed by atoms with Gasteiger partial charge in [0.15, 0.2) is 0 Å². The SMILES string of the molecule is Cc1nsc(NCCCOCCCl)n1. The molecule has 0 aliphatic rings. The van der Waals surface area contributed by atoms with Crippen molar-refractivity contribution in [2.24, 2.45) is 0 Å². The number of ether oxygens (including phenoxy) is 1. The van der Waals surface area contributed by atoms with Crippen molar-refractivity contribution in [2.45, 2.75) is 13.3 Å². The summed E-state index contributed by atoms with van der Waals surface area (Å²) in [6.45, 7) is 4.10. The molecule has 0 fully saturated rings. The van der Waals surface area contributed by atoms with Crippen molar-refractivity contribution in [2.75, 3.05) is 31.0 Å². The van der Waals surface area contributed by atoms with Gasteiger partial charge >= 0.3 is 0 Å². The van der Waals surface area contributed by atoms with E-state index >= 15 is 0 Å². The summed E-state index contributed by atoms with van der Waals surface area (Å²) in [5.74, 6) is 1.37. The molecule has 14 heavy (non-hydrogen) atoms. The van der Waals surface area contributed by atoms with Crippen LogP contribution in [0, 0.1) is 6.92 Å². The minimum atomic E-state index is 0.559. The molecule has 0 unspecified atom stereocenters. The summed E-state index contributed by atoms with van der Waals surface area (Å²) in [6, 6.07) is 0. The lowest BCUT2D eigenvalue weighted by Crippen LogP contribution is -2.06. The van der Waals surface area contributed by atoms with Crippen LogP contribution in [-0.4, -0.2) is 35.0 Å². The minimum Gasteiger partial charge on any atom is -0.380 e. The summed E-state index contributed by atoms with van der Waals surface area (Å²) in [5, 5.41) is 4.05. The maximum Gasteiger partial charge on any atom is 0.202 e. The Labute approximate surface area is 92.8 Å². The average Bonchev–Trinajstić information content (AvgIpc) is 2.58. The van der Waals surface area contributed by atoms with Gasteiger partial charge in [-0.05, 0) is 13.3 Å². The number of rotatable bonds is 7. The minimum absolute atomic E-state index is 0.559. The molecule has 4 nitrogen and oxygen atoms in total. The maximum atomic E-state index is 5.46. The molecule has 1 heterocycles. The summed E-state index contributed by atoms with van der Waals surface area (Å²) in [5.41, 5.74) is 0. The number of aryl methyl sites for hydroxylation is 1. The van der Waals surface area contributed by atoms with E-state index in [9.17, 15) is 0 Å². The number of hydrogen-bond donors (Lipinski definition) is 1. The van der Waals surface area contributed by atoms with Crippen LogP contribution in [-0.2, 0) is 4.74 Å². The van der Waals surface area contributed by atoms with Gasteiger partial charge in [-0.1, -0.05) is 0 Å². The van der Waals surface area contributed by atoms with Crippen molar-refractivity contribution in [3.63, 3.8) is 0 Å². The lowest BCUT2D eigenvalue weighted by molar-refractivity contribution is 0.149. The van der Waals surface area contributed by atoms with Gasteiger partial charge in [-0.2, -0.15) is 4.37 Å². The smallest absolute Gasteiger partial charge is 0.202 e. The number of anilines is 1. The third-order valence-electron chi connectivity index (χ3n) is 1.49. The monoisotopic (exact) mass is 235 g/mol. The van der Waals surface area contributed by atoms with E-state index in [-0.39, 0.29) is 0 Å². The van der Waals surface area contributed by atoms with Gasteiger partial charge in [0.1, 0.15) is 5.82 Å². The summed E-state index contributed by atoms with van der Waals surface area (Å²) in [4.78, 5) is 4.18. The zero-order chi connectivity index (χ0) is 10.2. The highest BCUT2D eigenvalue weighted by molar-refractivity contribution is 7.09. The van der Waals surface area contributed by atoms with Crippen LogP contribution in [0.4, 0.5) is 5.13 Å². The fraction of sp³-hybridized carbons (Fsp3) is 0.750. The Morgan fingerprint density at radius 1 is 1.50 bits per heavy atom. The summed E-state index contributed by atoms with van der Waals surface area (Å²) < 4.78 is 9.29. The molecule has 0 spiro atoms. The van der Waals surface area contributed by atoms with Gasteiger partial charge in [-0.25, -0.2) is 4.98 Å². The Kier molecular flexibility index (Phi) is 5.82. The van der Waals surface area contributed by atoms with Crippen LogP contribution in [0.25, 0.3) is 0 Å². The predicted octanol–water partition coefficient (Wildman–Crippen LogP) is 1.90. The molecule has 0 aliphatic heterocycles. The first-order valence-corrected chi connectivity index (χ1v) is 5.81. The molecule has 0 aromatic carbocycles. The number of nitrogens with one attached hydrogen (secondary N) is 1. The van der Waals surface area contributed by atoms with Crippen LogP contribution in [0.1, 0.15) is 12.2 Å². The van der Waals surface area contributed by atoms with Crippen LogP contribution in [0.2, 0.25) is 0 Å². The van der Waals surface area contributed by atoms with E-state index in [0.717, 1.165) is 30.5 Å².